The molecule has 2 aliphatic heterocycles. The highest BCUT2D eigenvalue weighted by molar-refractivity contribution is 9.10. The van der Waals surface area contributed by atoms with Crippen LogP contribution in [0.3, 0.4) is 0 Å². The Morgan fingerprint density at radius 1 is 1.12 bits per heavy atom. The molecular formula is C26H31BrN2O2S. The van der Waals surface area contributed by atoms with E-state index < -0.39 is 0 Å². The first kappa shape index (κ1) is 22.2. The van der Waals surface area contributed by atoms with Crippen LogP contribution in [0.5, 0.6) is 5.75 Å². The molecule has 0 spiro atoms. The minimum Gasteiger partial charge on any atom is -0.496 e. The molecule has 0 amide bonds. The average molecular weight is 516 g/mol. The zero-order chi connectivity index (χ0) is 22.5. The molecule has 0 N–H and O–H groups in total. The Bertz CT molecular complexity index is 1130. The van der Waals surface area contributed by atoms with Gasteiger partial charge >= 0.3 is 0 Å². The lowest BCUT2D eigenvalue weighted by Gasteiger charge is -2.34. The first-order chi connectivity index (χ1) is 15.4. The highest BCUT2D eigenvalue weighted by atomic mass is 79.9. The molecule has 0 saturated heterocycles. The maximum Gasteiger partial charge on any atom is 0.133 e. The molecular weight excluding hydrogens is 484 g/mol. The first-order valence-corrected chi connectivity index (χ1v) is 13.1. The Morgan fingerprint density at radius 2 is 1.97 bits per heavy atom. The second kappa shape index (κ2) is 8.64. The smallest absolute Gasteiger partial charge is 0.133 e. The van der Waals surface area contributed by atoms with Gasteiger partial charge in [-0.25, -0.2) is 0 Å². The average Bonchev–Trinajstić information content (AvgIpc) is 3.39. The van der Waals surface area contributed by atoms with Gasteiger partial charge in [0.05, 0.1) is 23.0 Å². The van der Waals surface area contributed by atoms with Crippen LogP contribution >= 0.6 is 27.3 Å². The van der Waals surface area contributed by atoms with Crippen molar-refractivity contribution < 1.29 is 9.57 Å². The van der Waals surface area contributed by atoms with Crippen LogP contribution in [-0.2, 0) is 30.8 Å². The fraction of sp³-hybridized carbons (Fsp3) is 0.462. The number of methoxy groups -OCH3 is 1. The molecule has 0 atom stereocenters. The third kappa shape index (κ3) is 3.85. The summed E-state index contributed by atoms with van der Waals surface area (Å²) in [6.45, 7) is 9.27. The summed E-state index contributed by atoms with van der Waals surface area (Å²) in [4.78, 5) is 7.83. The number of halogens is 1. The summed E-state index contributed by atoms with van der Waals surface area (Å²) in [7, 11) is 1.74. The van der Waals surface area contributed by atoms with Crippen LogP contribution in [-0.4, -0.2) is 28.8 Å². The van der Waals surface area contributed by atoms with Crippen molar-refractivity contribution in [3.63, 3.8) is 0 Å². The summed E-state index contributed by atoms with van der Waals surface area (Å²) in [5.41, 5.74) is 8.22. The van der Waals surface area contributed by atoms with Gasteiger partial charge in [0.1, 0.15) is 12.4 Å². The minimum atomic E-state index is -0.00752. The molecule has 0 fully saturated rings. The van der Waals surface area contributed by atoms with Crippen molar-refractivity contribution in [3.05, 3.63) is 50.9 Å². The van der Waals surface area contributed by atoms with Crippen molar-refractivity contribution in [1.29, 1.82) is 0 Å². The monoisotopic (exact) mass is 514 g/mol. The molecule has 6 heteroatoms. The molecule has 0 radical (unpaired) electrons. The maximum absolute atomic E-state index is 6.49. The van der Waals surface area contributed by atoms with Gasteiger partial charge in [-0.15, -0.1) is 11.3 Å². The fourth-order valence-corrected chi connectivity index (χ4v) is 6.37. The summed E-state index contributed by atoms with van der Waals surface area (Å²) in [6, 6.07) is 8.88. The predicted octanol–water partition coefficient (Wildman–Crippen LogP) is 7.08. The van der Waals surface area contributed by atoms with E-state index in [0.29, 0.717) is 6.61 Å². The number of aryl methyl sites for hydroxylation is 1. The lowest BCUT2D eigenvalue weighted by Crippen LogP contribution is -2.41. The number of thiophene rings is 1. The van der Waals surface area contributed by atoms with Gasteiger partial charge in [-0.05, 0) is 97.1 Å². The van der Waals surface area contributed by atoms with E-state index in [1.807, 2.05) is 11.3 Å². The molecule has 1 aromatic carbocycles. The molecule has 4 heterocycles. The number of nitrogens with zero attached hydrogens (tertiary/aromatic N) is 2. The van der Waals surface area contributed by atoms with Crippen LogP contribution < -0.4 is 4.74 Å². The SMILES string of the molecule is COc1cc2c(cc1Br)-c1c(-c3cccs3)c3c(n1CC2)CON(C(C)(C)C)CCCC3. The van der Waals surface area contributed by atoms with Crippen LogP contribution in [0.1, 0.15) is 50.4 Å². The third-order valence-electron chi connectivity index (χ3n) is 6.63. The van der Waals surface area contributed by atoms with Gasteiger partial charge in [0.2, 0.25) is 0 Å². The zero-order valence-electron chi connectivity index (χ0n) is 19.3. The number of ether oxygens (including phenoxy) is 1. The number of rotatable bonds is 2. The Morgan fingerprint density at radius 3 is 2.69 bits per heavy atom. The van der Waals surface area contributed by atoms with Crippen LogP contribution in [0, 0.1) is 0 Å². The molecule has 0 bridgehead atoms. The van der Waals surface area contributed by atoms with Crippen molar-refractivity contribution in [1.82, 2.24) is 9.63 Å². The second-order valence-corrected chi connectivity index (χ2v) is 11.5. The Labute approximate surface area is 203 Å². The van der Waals surface area contributed by atoms with E-state index in [4.69, 9.17) is 9.57 Å². The van der Waals surface area contributed by atoms with Crippen molar-refractivity contribution in [2.45, 2.75) is 65.1 Å². The lowest BCUT2D eigenvalue weighted by molar-refractivity contribution is -0.220. The molecule has 170 valence electrons. The first-order valence-electron chi connectivity index (χ1n) is 11.4. The number of aromatic nitrogens is 1. The highest BCUT2D eigenvalue weighted by Gasteiger charge is 2.32. The van der Waals surface area contributed by atoms with E-state index in [1.54, 1.807) is 7.11 Å². The van der Waals surface area contributed by atoms with E-state index >= 15 is 0 Å². The Balaban J connectivity index is 1.71. The number of hydrogen-bond donors (Lipinski definition) is 0. The van der Waals surface area contributed by atoms with E-state index in [9.17, 15) is 0 Å². The number of fused-ring (bicyclic) bond motifs is 5. The van der Waals surface area contributed by atoms with Gasteiger partial charge in [0.25, 0.3) is 0 Å². The van der Waals surface area contributed by atoms with Crippen molar-refractivity contribution >= 4 is 27.3 Å². The number of hydroxylamine groups is 2. The van der Waals surface area contributed by atoms with Gasteiger partial charge in [0.15, 0.2) is 0 Å². The molecule has 2 aliphatic rings. The highest BCUT2D eigenvalue weighted by Crippen LogP contribution is 2.47. The maximum atomic E-state index is 6.49. The standard InChI is InChI=1S/C26H31BrN2O2S/c1-26(2,3)29-11-6-5-8-18-21(16-31-29)28-12-10-17-14-22(30-4)20(27)15-19(17)25(28)24(18)23-9-7-13-32-23/h7,9,13-15H,5-6,8,10-12,16H2,1-4H3. The second-order valence-electron chi connectivity index (χ2n) is 9.68. The number of hydrogen-bond acceptors (Lipinski definition) is 4. The molecule has 4 nitrogen and oxygen atoms in total. The van der Waals surface area contributed by atoms with E-state index in [-0.39, 0.29) is 5.54 Å². The van der Waals surface area contributed by atoms with Crippen molar-refractivity contribution in [3.8, 4) is 27.4 Å². The lowest BCUT2D eigenvalue weighted by atomic mass is 9.93. The predicted molar refractivity (Wildman–Crippen MR) is 135 cm³/mol. The topological polar surface area (TPSA) is 26.6 Å². The molecule has 0 saturated carbocycles. The molecule has 2 aromatic heterocycles. The molecule has 32 heavy (non-hydrogen) atoms. The van der Waals surface area contributed by atoms with Crippen LogP contribution in [0.2, 0.25) is 0 Å². The van der Waals surface area contributed by atoms with Crippen molar-refractivity contribution in [2.75, 3.05) is 13.7 Å². The molecule has 3 aromatic rings. The summed E-state index contributed by atoms with van der Waals surface area (Å²) in [5, 5.41) is 4.37. The molecule has 5 rings (SSSR count). The summed E-state index contributed by atoms with van der Waals surface area (Å²) >= 11 is 5.57. The quantitative estimate of drug-likeness (QED) is 0.365. The fourth-order valence-electron chi connectivity index (χ4n) is 5.07. The van der Waals surface area contributed by atoms with E-state index in [1.165, 1.54) is 44.9 Å². The van der Waals surface area contributed by atoms with Crippen molar-refractivity contribution in [2.24, 2.45) is 0 Å². The van der Waals surface area contributed by atoms with Gasteiger partial charge in [-0.2, -0.15) is 5.06 Å². The van der Waals surface area contributed by atoms with Gasteiger partial charge in [-0.3, -0.25) is 4.84 Å². The summed E-state index contributed by atoms with van der Waals surface area (Å²) < 4.78 is 9.14. The largest absolute Gasteiger partial charge is 0.496 e. The van der Waals surface area contributed by atoms with Gasteiger partial charge in [0, 0.05) is 34.6 Å². The van der Waals surface area contributed by atoms with E-state index in [0.717, 1.165) is 42.6 Å². The Kier molecular flexibility index (Phi) is 5.99. The van der Waals surface area contributed by atoms with Gasteiger partial charge < -0.3 is 9.30 Å². The normalized spacial score (nSPS) is 17.0. The summed E-state index contributed by atoms with van der Waals surface area (Å²) in [6.07, 6.45) is 4.40. The summed E-state index contributed by atoms with van der Waals surface area (Å²) in [5.74, 6) is 0.903. The Hall–Kier alpha value is -1.60. The number of benzene rings is 1. The molecule has 0 unspecified atom stereocenters. The van der Waals surface area contributed by atoms with Gasteiger partial charge in [-0.1, -0.05) is 6.07 Å². The third-order valence-corrected chi connectivity index (χ3v) is 8.14. The zero-order valence-corrected chi connectivity index (χ0v) is 21.7. The molecule has 0 aliphatic carbocycles. The van der Waals surface area contributed by atoms with Crippen LogP contribution in [0.4, 0.5) is 0 Å². The van der Waals surface area contributed by atoms with E-state index in [2.05, 4.69) is 76.0 Å². The van der Waals surface area contributed by atoms with Crippen LogP contribution in [0.25, 0.3) is 21.7 Å². The minimum absolute atomic E-state index is 0.00752. The van der Waals surface area contributed by atoms with Crippen LogP contribution in [0.15, 0.2) is 34.1 Å².